The maximum Gasteiger partial charge on any atom is 0.249 e. The van der Waals surface area contributed by atoms with Gasteiger partial charge in [-0.1, -0.05) is 44.4 Å². The standard InChI is InChI=1S/C18H26ClN3O/c1-4-12-10-11-15-17(20-16(12)19)22(13-8-6-7-9-13)14(5-2)18(23)21(15)3/h11,13-14H,4-10H2,1-3H3/t14-/m1/s1. The highest BCUT2D eigenvalue weighted by molar-refractivity contribution is 6.31. The average molecular weight is 336 g/mol. The van der Waals surface area contributed by atoms with E-state index in [4.69, 9.17) is 16.6 Å². The van der Waals surface area contributed by atoms with E-state index < -0.39 is 0 Å². The van der Waals surface area contributed by atoms with Crippen molar-refractivity contribution in [2.45, 2.75) is 70.9 Å². The Morgan fingerprint density at radius 2 is 2.00 bits per heavy atom. The van der Waals surface area contributed by atoms with E-state index in [0.717, 1.165) is 49.2 Å². The minimum Gasteiger partial charge on any atom is -0.340 e. The number of nitrogens with zero attached hydrogens (tertiary/aromatic N) is 3. The van der Waals surface area contributed by atoms with E-state index in [9.17, 15) is 4.79 Å². The SMILES string of the molecule is CCC1=C(Cl)N=C2C(=CC1)N(C)C(=O)[C@@H](CC)N2C1CCCC1. The molecule has 1 aliphatic carbocycles. The van der Waals surface area contributed by atoms with Crippen LogP contribution in [0.1, 0.15) is 58.8 Å². The molecule has 1 atom stereocenters. The summed E-state index contributed by atoms with van der Waals surface area (Å²) in [6.45, 7) is 4.18. The number of carbonyl (C=O) groups excluding carboxylic acids is 1. The van der Waals surface area contributed by atoms with Crippen LogP contribution < -0.4 is 0 Å². The van der Waals surface area contributed by atoms with Crippen LogP contribution >= 0.6 is 11.6 Å². The lowest BCUT2D eigenvalue weighted by Crippen LogP contribution is -2.60. The highest BCUT2D eigenvalue weighted by Crippen LogP contribution is 2.35. The second kappa shape index (κ2) is 6.68. The monoisotopic (exact) mass is 335 g/mol. The Morgan fingerprint density at radius 1 is 1.30 bits per heavy atom. The summed E-state index contributed by atoms with van der Waals surface area (Å²) in [5, 5.41) is 0.606. The average Bonchev–Trinajstić information content (AvgIpc) is 3.01. The van der Waals surface area contributed by atoms with E-state index in [1.165, 1.54) is 12.8 Å². The lowest BCUT2D eigenvalue weighted by atomic mass is 10.0. The van der Waals surface area contributed by atoms with Gasteiger partial charge >= 0.3 is 0 Å². The van der Waals surface area contributed by atoms with Gasteiger partial charge in [0.1, 0.15) is 11.2 Å². The third kappa shape index (κ3) is 2.82. The van der Waals surface area contributed by atoms with Gasteiger partial charge in [-0.15, -0.1) is 0 Å². The number of hydrogen-bond donors (Lipinski definition) is 0. The second-order valence-electron chi connectivity index (χ2n) is 6.64. The first-order valence-corrected chi connectivity index (χ1v) is 9.18. The van der Waals surface area contributed by atoms with Crippen molar-refractivity contribution in [2.75, 3.05) is 7.05 Å². The predicted octanol–water partition coefficient (Wildman–Crippen LogP) is 4.03. The fraction of sp³-hybridized carbons (Fsp3) is 0.667. The van der Waals surface area contributed by atoms with Crippen molar-refractivity contribution < 1.29 is 4.79 Å². The fourth-order valence-corrected chi connectivity index (χ4v) is 4.27. The van der Waals surface area contributed by atoms with Gasteiger partial charge in [0.2, 0.25) is 5.91 Å². The van der Waals surface area contributed by atoms with Crippen molar-refractivity contribution in [3.8, 4) is 0 Å². The van der Waals surface area contributed by atoms with Crippen molar-refractivity contribution in [3.05, 3.63) is 22.5 Å². The molecule has 23 heavy (non-hydrogen) atoms. The lowest BCUT2D eigenvalue weighted by Gasteiger charge is -2.45. The topological polar surface area (TPSA) is 35.9 Å². The number of amidine groups is 1. The van der Waals surface area contributed by atoms with Gasteiger partial charge in [-0.2, -0.15) is 0 Å². The number of amides is 1. The van der Waals surface area contributed by atoms with Gasteiger partial charge in [-0.05, 0) is 37.7 Å². The molecule has 3 aliphatic rings. The van der Waals surface area contributed by atoms with E-state index in [2.05, 4.69) is 24.8 Å². The van der Waals surface area contributed by atoms with Gasteiger partial charge in [0.15, 0.2) is 5.84 Å². The Kier molecular flexibility index (Phi) is 4.81. The smallest absolute Gasteiger partial charge is 0.249 e. The fourth-order valence-electron chi connectivity index (χ4n) is 3.98. The van der Waals surface area contributed by atoms with Crippen LogP contribution in [0.5, 0.6) is 0 Å². The first-order chi connectivity index (χ1) is 11.1. The van der Waals surface area contributed by atoms with Crippen molar-refractivity contribution in [1.82, 2.24) is 9.80 Å². The van der Waals surface area contributed by atoms with Gasteiger partial charge in [0, 0.05) is 13.1 Å². The molecule has 5 heteroatoms. The summed E-state index contributed by atoms with van der Waals surface area (Å²) >= 11 is 6.48. The highest BCUT2D eigenvalue weighted by atomic mass is 35.5. The summed E-state index contributed by atoms with van der Waals surface area (Å²) in [6, 6.07) is 0.291. The van der Waals surface area contributed by atoms with Gasteiger partial charge < -0.3 is 9.80 Å². The molecule has 0 bridgehead atoms. The predicted molar refractivity (Wildman–Crippen MR) is 94.2 cm³/mol. The first kappa shape index (κ1) is 16.6. The Bertz CT molecular complexity index is 587. The molecule has 0 aromatic heterocycles. The molecular formula is C18H26ClN3O. The zero-order chi connectivity index (χ0) is 16.6. The maximum atomic E-state index is 12.9. The van der Waals surface area contributed by atoms with Gasteiger partial charge in [-0.3, -0.25) is 4.79 Å². The number of hydrogen-bond acceptors (Lipinski definition) is 3. The lowest BCUT2D eigenvalue weighted by molar-refractivity contribution is -0.134. The number of aliphatic imine (C=N–C) groups is 1. The van der Waals surface area contributed by atoms with Crippen LogP contribution in [0.15, 0.2) is 27.5 Å². The summed E-state index contributed by atoms with van der Waals surface area (Å²) in [5.74, 6) is 1.08. The number of fused-ring (bicyclic) bond motifs is 1. The number of piperazine rings is 1. The van der Waals surface area contributed by atoms with Crippen LogP contribution in [0.4, 0.5) is 0 Å². The number of allylic oxidation sites excluding steroid dienone is 2. The van der Waals surface area contributed by atoms with Crippen LogP contribution in [0, 0.1) is 0 Å². The zero-order valence-electron chi connectivity index (χ0n) is 14.3. The van der Waals surface area contributed by atoms with Gasteiger partial charge in [-0.25, -0.2) is 4.99 Å². The normalized spacial score (nSPS) is 26.3. The molecule has 2 fully saturated rings. The van der Waals surface area contributed by atoms with Gasteiger partial charge in [0.25, 0.3) is 0 Å². The van der Waals surface area contributed by atoms with Crippen LogP contribution in [-0.2, 0) is 4.79 Å². The summed E-state index contributed by atoms with van der Waals surface area (Å²) in [4.78, 5) is 21.7. The summed E-state index contributed by atoms with van der Waals surface area (Å²) in [5.41, 5.74) is 2.06. The van der Waals surface area contributed by atoms with Crippen LogP contribution in [0.25, 0.3) is 0 Å². The molecule has 1 saturated heterocycles. The maximum absolute atomic E-state index is 12.9. The zero-order valence-corrected chi connectivity index (χ0v) is 15.1. The van der Waals surface area contributed by atoms with Crippen LogP contribution in [0.2, 0.25) is 0 Å². The van der Waals surface area contributed by atoms with Crippen molar-refractivity contribution >= 4 is 23.3 Å². The third-order valence-corrected chi connectivity index (χ3v) is 5.71. The largest absolute Gasteiger partial charge is 0.340 e. The third-order valence-electron chi connectivity index (χ3n) is 5.36. The Balaban J connectivity index is 2.09. The van der Waals surface area contributed by atoms with E-state index >= 15 is 0 Å². The summed E-state index contributed by atoms with van der Waals surface area (Å²) in [7, 11) is 1.86. The molecule has 0 spiro atoms. The number of rotatable bonds is 3. The van der Waals surface area contributed by atoms with Crippen molar-refractivity contribution in [2.24, 2.45) is 4.99 Å². The molecular weight excluding hydrogens is 310 g/mol. The van der Waals surface area contributed by atoms with Crippen LogP contribution in [0.3, 0.4) is 0 Å². The molecule has 4 nitrogen and oxygen atoms in total. The molecule has 0 radical (unpaired) electrons. The second-order valence-corrected chi connectivity index (χ2v) is 7.00. The van der Waals surface area contributed by atoms with E-state index in [1.54, 1.807) is 4.90 Å². The molecule has 0 aromatic carbocycles. The molecule has 0 N–H and O–H groups in total. The van der Waals surface area contributed by atoms with Gasteiger partial charge in [0.05, 0.1) is 5.70 Å². The molecule has 1 saturated carbocycles. The number of likely N-dealkylation sites (N-methyl/N-ethyl adjacent to an activating group) is 1. The molecule has 2 heterocycles. The van der Waals surface area contributed by atoms with Crippen LogP contribution in [-0.4, -0.2) is 40.7 Å². The van der Waals surface area contributed by atoms with E-state index in [1.807, 2.05) is 7.05 Å². The summed E-state index contributed by atoms with van der Waals surface area (Å²) < 4.78 is 0. The molecule has 0 aromatic rings. The summed E-state index contributed by atoms with van der Waals surface area (Å²) in [6.07, 6.45) is 9.33. The minimum absolute atomic E-state index is 0.119. The quantitative estimate of drug-likeness (QED) is 0.730. The molecule has 0 unspecified atom stereocenters. The molecule has 1 amide bonds. The molecule has 126 valence electrons. The number of halogens is 1. The first-order valence-electron chi connectivity index (χ1n) is 8.81. The Morgan fingerprint density at radius 3 is 2.61 bits per heavy atom. The van der Waals surface area contributed by atoms with E-state index in [0.29, 0.717) is 11.2 Å². The highest BCUT2D eigenvalue weighted by Gasteiger charge is 2.43. The van der Waals surface area contributed by atoms with E-state index in [-0.39, 0.29) is 11.9 Å². The Hall–Kier alpha value is -1.29. The van der Waals surface area contributed by atoms with Crippen molar-refractivity contribution in [3.63, 3.8) is 0 Å². The Labute approximate surface area is 143 Å². The molecule has 3 rings (SSSR count). The van der Waals surface area contributed by atoms with Crippen molar-refractivity contribution in [1.29, 1.82) is 0 Å². The molecule has 2 aliphatic heterocycles. The number of carbonyl (C=O) groups is 1. The minimum atomic E-state index is -0.119.